The zero-order chi connectivity index (χ0) is 22.3. The fourth-order valence-electron chi connectivity index (χ4n) is 2.95. The van der Waals surface area contributed by atoms with E-state index in [0.717, 1.165) is 27.8 Å². The highest BCUT2D eigenvalue weighted by molar-refractivity contribution is 7.98. The first-order valence-corrected chi connectivity index (χ1v) is 11.7. The molecule has 1 amide bonds. The minimum Gasteiger partial charge on any atom is -0.497 e. The number of carbonyl (C=O) groups is 2. The van der Waals surface area contributed by atoms with Crippen molar-refractivity contribution in [3.8, 4) is 11.5 Å². The maximum Gasteiger partial charge on any atom is 0.298 e. The molecule has 2 aromatic carbocycles. The van der Waals surface area contributed by atoms with Gasteiger partial charge in [-0.2, -0.15) is 11.8 Å². The maximum atomic E-state index is 12.5. The summed E-state index contributed by atoms with van der Waals surface area (Å²) in [5, 5.41) is 12.4. The number of hydrogen-bond donors (Lipinski definition) is 2. The first-order valence-electron chi connectivity index (χ1n) is 9.73. The number of hydrogen-bond acceptors (Lipinski definition) is 8. The number of H-pyrrole nitrogens is 1. The van der Waals surface area contributed by atoms with Gasteiger partial charge in [0.1, 0.15) is 16.5 Å². The molecular formula is C22H20N4O4S2. The van der Waals surface area contributed by atoms with Gasteiger partial charge in [0.05, 0.1) is 19.3 Å². The third kappa shape index (κ3) is 5.27. The summed E-state index contributed by atoms with van der Waals surface area (Å²) < 4.78 is 10.8. The van der Waals surface area contributed by atoms with Gasteiger partial charge in [-0.1, -0.05) is 29.5 Å². The number of nitrogens with one attached hydrogen (secondary N) is 2. The van der Waals surface area contributed by atoms with E-state index < -0.39 is 11.7 Å². The summed E-state index contributed by atoms with van der Waals surface area (Å²) in [7, 11) is 1.62. The fourth-order valence-corrected chi connectivity index (χ4v) is 4.54. The summed E-state index contributed by atoms with van der Waals surface area (Å²) in [6, 6.07) is 14.7. The normalized spacial score (nSPS) is 10.8. The van der Waals surface area contributed by atoms with Crippen LogP contribution in [-0.4, -0.2) is 46.3 Å². The molecule has 10 heteroatoms. The van der Waals surface area contributed by atoms with Gasteiger partial charge in [0.25, 0.3) is 11.7 Å². The number of anilines is 1. The van der Waals surface area contributed by atoms with E-state index in [1.165, 1.54) is 11.3 Å². The lowest BCUT2D eigenvalue weighted by Crippen LogP contribution is -2.22. The Morgan fingerprint density at radius 2 is 1.88 bits per heavy atom. The van der Waals surface area contributed by atoms with Crippen molar-refractivity contribution in [3.63, 3.8) is 0 Å². The van der Waals surface area contributed by atoms with E-state index in [9.17, 15) is 9.59 Å². The number of ether oxygens (including phenoxy) is 2. The first kappa shape index (κ1) is 21.8. The summed E-state index contributed by atoms with van der Waals surface area (Å²) in [6.45, 7) is 0.554. The van der Waals surface area contributed by atoms with Crippen LogP contribution in [0.25, 0.3) is 10.9 Å². The number of nitrogens with zero attached hydrogens (tertiary/aromatic N) is 2. The molecule has 8 nitrogen and oxygen atoms in total. The highest BCUT2D eigenvalue weighted by Crippen LogP contribution is 2.22. The molecule has 0 aliphatic rings. The number of rotatable bonds is 10. The van der Waals surface area contributed by atoms with Crippen molar-refractivity contribution in [3.05, 3.63) is 65.3 Å². The van der Waals surface area contributed by atoms with E-state index in [-0.39, 0.29) is 0 Å². The lowest BCUT2D eigenvalue weighted by Gasteiger charge is -2.06. The van der Waals surface area contributed by atoms with Crippen LogP contribution in [0.1, 0.15) is 15.4 Å². The molecule has 0 bridgehead atoms. The predicted octanol–water partition coefficient (Wildman–Crippen LogP) is 4.16. The molecule has 0 unspecified atom stereocenters. The second-order valence-electron chi connectivity index (χ2n) is 6.61. The standard InChI is InChI=1S/C22H20N4O4S2/c1-29-14-6-8-15(9-7-14)30-10-11-31-13-19-25-26-22(32-19)24-21(28)20(27)17-12-23-18-5-3-2-4-16(17)18/h2-9,12,23H,10-11,13H2,1H3,(H,24,26,28). The molecule has 2 heterocycles. The van der Waals surface area contributed by atoms with E-state index in [1.807, 2.05) is 42.5 Å². The molecular weight excluding hydrogens is 448 g/mol. The topological polar surface area (TPSA) is 106 Å². The third-order valence-corrected chi connectivity index (χ3v) is 6.46. The largest absolute Gasteiger partial charge is 0.497 e. The molecule has 2 aromatic heterocycles. The number of benzene rings is 2. The Morgan fingerprint density at radius 3 is 2.69 bits per heavy atom. The number of carbonyl (C=O) groups excluding carboxylic acids is 2. The SMILES string of the molecule is COc1ccc(OCCSCc2nnc(NC(=O)C(=O)c3c[nH]c4ccccc34)s2)cc1. The van der Waals surface area contributed by atoms with Gasteiger partial charge < -0.3 is 14.5 Å². The van der Waals surface area contributed by atoms with E-state index in [1.54, 1.807) is 31.1 Å². The Bertz CT molecular complexity index is 1220. The third-order valence-electron chi connectivity index (χ3n) is 4.51. The number of Topliss-reactive ketones (excluding diaryl/α,β-unsaturated/α-hetero) is 1. The number of aromatic nitrogens is 3. The van der Waals surface area contributed by atoms with Gasteiger partial charge in [-0.05, 0) is 30.3 Å². The van der Waals surface area contributed by atoms with Crippen LogP contribution in [0.2, 0.25) is 0 Å². The Hall–Kier alpha value is -3.37. The monoisotopic (exact) mass is 468 g/mol. The summed E-state index contributed by atoms with van der Waals surface area (Å²) in [4.78, 5) is 27.9. The average molecular weight is 469 g/mol. The van der Waals surface area contributed by atoms with Crippen molar-refractivity contribution >= 4 is 50.8 Å². The van der Waals surface area contributed by atoms with Crippen molar-refractivity contribution in [1.29, 1.82) is 0 Å². The molecule has 2 N–H and O–H groups in total. The van der Waals surface area contributed by atoms with Crippen LogP contribution in [0.5, 0.6) is 11.5 Å². The van der Waals surface area contributed by atoms with Crippen LogP contribution in [0.3, 0.4) is 0 Å². The van der Waals surface area contributed by atoms with Crippen molar-refractivity contribution in [1.82, 2.24) is 15.2 Å². The molecule has 4 rings (SSSR count). The number of ketones is 1. The van der Waals surface area contributed by atoms with Crippen LogP contribution in [0, 0.1) is 0 Å². The average Bonchev–Trinajstić information content (AvgIpc) is 3.45. The number of thioether (sulfide) groups is 1. The second kappa shape index (κ2) is 10.3. The zero-order valence-corrected chi connectivity index (χ0v) is 18.8. The van der Waals surface area contributed by atoms with Gasteiger partial charge in [-0.15, -0.1) is 10.2 Å². The second-order valence-corrected chi connectivity index (χ2v) is 8.78. The lowest BCUT2D eigenvalue weighted by molar-refractivity contribution is -0.112. The van der Waals surface area contributed by atoms with Gasteiger partial charge in [0.2, 0.25) is 5.13 Å². The number of methoxy groups -OCH3 is 1. The van der Waals surface area contributed by atoms with Gasteiger partial charge in [-0.3, -0.25) is 14.9 Å². The first-order chi connectivity index (χ1) is 15.6. The molecule has 0 saturated carbocycles. The predicted molar refractivity (Wildman–Crippen MR) is 126 cm³/mol. The Labute approximate surface area is 192 Å². The van der Waals surface area contributed by atoms with Crippen LogP contribution < -0.4 is 14.8 Å². The van der Waals surface area contributed by atoms with Crippen molar-refractivity contribution in [2.75, 3.05) is 24.8 Å². The minimum absolute atomic E-state index is 0.299. The smallest absolute Gasteiger partial charge is 0.298 e. The Balaban J connectivity index is 1.23. The summed E-state index contributed by atoms with van der Waals surface area (Å²) in [5.74, 6) is 1.62. The van der Waals surface area contributed by atoms with Gasteiger partial charge in [0, 0.05) is 28.6 Å². The number of aromatic amines is 1. The molecule has 32 heavy (non-hydrogen) atoms. The summed E-state index contributed by atoms with van der Waals surface area (Å²) in [6.07, 6.45) is 1.54. The highest BCUT2D eigenvalue weighted by Gasteiger charge is 2.21. The minimum atomic E-state index is -0.738. The number of amides is 1. The quantitative estimate of drug-likeness (QED) is 0.204. The van der Waals surface area contributed by atoms with E-state index in [0.29, 0.717) is 28.4 Å². The molecule has 0 spiro atoms. The lowest BCUT2D eigenvalue weighted by atomic mass is 10.1. The van der Waals surface area contributed by atoms with Crippen LogP contribution in [0.15, 0.2) is 54.7 Å². The summed E-state index contributed by atoms with van der Waals surface area (Å²) >= 11 is 2.89. The van der Waals surface area contributed by atoms with Crippen molar-refractivity contribution < 1.29 is 19.1 Å². The van der Waals surface area contributed by atoms with Crippen LogP contribution in [-0.2, 0) is 10.5 Å². The van der Waals surface area contributed by atoms with Gasteiger partial charge >= 0.3 is 0 Å². The molecule has 0 fully saturated rings. The molecule has 4 aromatic rings. The van der Waals surface area contributed by atoms with Crippen LogP contribution in [0.4, 0.5) is 5.13 Å². The van der Waals surface area contributed by atoms with Gasteiger partial charge in [0.15, 0.2) is 0 Å². The van der Waals surface area contributed by atoms with E-state index >= 15 is 0 Å². The maximum absolute atomic E-state index is 12.5. The Morgan fingerprint density at radius 1 is 1.09 bits per heavy atom. The zero-order valence-electron chi connectivity index (χ0n) is 17.2. The molecule has 0 atom stereocenters. The molecule has 0 aliphatic heterocycles. The van der Waals surface area contributed by atoms with Gasteiger partial charge in [-0.25, -0.2) is 0 Å². The highest BCUT2D eigenvalue weighted by atomic mass is 32.2. The molecule has 0 radical (unpaired) electrons. The van der Waals surface area contributed by atoms with Crippen LogP contribution >= 0.6 is 23.1 Å². The summed E-state index contributed by atoms with van der Waals surface area (Å²) in [5.41, 5.74) is 1.13. The number of para-hydroxylation sites is 1. The van der Waals surface area contributed by atoms with Crippen molar-refractivity contribution in [2.24, 2.45) is 0 Å². The molecule has 0 saturated heterocycles. The fraction of sp³-hybridized carbons (Fsp3) is 0.182. The Kier molecular flexibility index (Phi) is 7.03. The van der Waals surface area contributed by atoms with E-state index in [4.69, 9.17) is 9.47 Å². The van der Waals surface area contributed by atoms with E-state index in [2.05, 4.69) is 20.5 Å². The molecule has 0 aliphatic carbocycles. The molecule has 164 valence electrons. The van der Waals surface area contributed by atoms with Crippen molar-refractivity contribution in [2.45, 2.75) is 5.75 Å². The number of fused-ring (bicyclic) bond motifs is 1.